The quantitative estimate of drug-likeness (QED) is 0.374. The number of oxime groups is 1. The first-order valence-corrected chi connectivity index (χ1v) is 6.87. The van der Waals surface area contributed by atoms with Gasteiger partial charge in [0.25, 0.3) is 5.91 Å². The number of likely N-dealkylation sites (tertiary alicyclic amines) is 1. The predicted molar refractivity (Wildman–Crippen MR) is 78.0 cm³/mol. The molecule has 2 rings (SSSR count). The average Bonchev–Trinajstić information content (AvgIpc) is 2.48. The lowest BCUT2D eigenvalue weighted by atomic mass is 9.94. The number of hydrogen-bond acceptors (Lipinski definition) is 3. The summed E-state index contributed by atoms with van der Waals surface area (Å²) >= 11 is 0. The first-order chi connectivity index (χ1) is 9.54. The van der Waals surface area contributed by atoms with Crippen molar-refractivity contribution < 1.29 is 10.0 Å². The lowest BCUT2D eigenvalue weighted by Gasteiger charge is -2.31. The number of nitrogens with two attached hydrogens (primary N) is 1. The van der Waals surface area contributed by atoms with Crippen molar-refractivity contribution in [3.8, 4) is 0 Å². The Balaban J connectivity index is 2.07. The van der Waals surface area contributed by atoms with Crippen LogP contribution in [0.15, 0.2) is 23.4 Å². The Morgan fingerprint density at radius 2 is 2.00 bits per heavy atom. The van der Waals surface area contributed by atoms with Crippen LogP contribution in [0.1, 0.15) is 34.3 Å². The van der Waals surface area contributed by atoms with E-state index in [4.69, 9.17) is 10.9 Å². The minimum atomic E-state index is 0.0719. The molecule has 1 saturated heterocycles. The van der Waals surface area contributed by atoms with Crippen LogP contribution in [0, 0.1) is 19.8 Å². The Bertz CT molecular complexity index is 532. The third kappa shape index (κ3) is 2.76. The predicted octanol–water partition coefficient (Wildman–Crippen LogP) is 1.90. The van der Waals surface area contributed by atoms with E-state index in [2.05, 4.69) is 5.16 Å². The molecule has 1 heterocycles. The number of rotatable bonds is 2. The Hall–Kier alpha value is -2.04. The van der Waals surface area contributed by atoms with Gasteiger partial charge in [-0.1, -0.05) is 17.3 Å². The van der Waals surface area contributed by atoms with Crippen molar-refractivity contribution in [2.45, 2.75) is 26.7 Å². The molecule has 1 amide bonds. The summed E-state index contributed by atoms with van der Waals surface area (Å²) in [6.07, 6.45) is 1.49. The number of carbonyl (C=O) groups excluding carboxylic acids is 1. The summed E-state index contributed by atoms with van der Waals surface area (Å²) < 4.78 is 0. The second kappa shape index (κ2) is 5.94. The van der Waals surface area contributed by atoms with Gasteiger partial charge in [-0.2, -0.15) is 0 Å². The van der Waals surface area contributed by atoms with Crippen LogP contribution in [0.4, 0.5) is 0 Å². The third-order valence-corrected chi connectivity index (χ3v) is 4.15. The summed E-state index contributed by atoms with van der Waals surface area (Å²) in [7, 11) is 0. The minimum absolute atomic E-state index is 0.0719. The van der Waals surface area contributed by atoms with Crippen LogP contribution < -0.4 is 5.73 Å². The fourth-order valence-corrected chi connectivity index (χ4v) is 2.61. The molecular formula is C15H21N3O2. The maximum atomic E-state index is 12.5. The van der Waals surface area contributed by atoms with E-state index in [1.807, 2.05) is 36.9 Å². The maximum Gasteiger partial charge on any atom is 0.254 e. The molecule has 108 valence electrons. The van der Waals surface area contributed by atoms with E-state index in [1.54, 1.807) is 0 Å². The third-order valence-electron chi connectivity index (χ3n) is 4.15. The molecule has 0 bridgehead atoms. The Labute approximate surface area is 119 Å². The standard InChI is InChI=1S/C15H21N3O2/c1-10-4-3-5-13(11(10)2)15(19)18-8-6-12(7-9-18)14(16)17-20/h3-5,12,20H,6-9H2,1-2H3,(H2,16,17). The molecule has 0 spiro atoms. The summed E-state index contributed by atoms with van der Waals surface area (Å²) in [5.41, 5.74) is 8.56. The van der Waals surface area contributed by atoms with Gasteiger partial charge in [0, 0.05) is 24.6 Å². The van der Waals surface area contributed by atoms with E-state index in [1.165, 1.54) is 0 Å². The average molecular weight is 275 g/mol. The second-order valence-electron chi connectivity index (χ2n) is 5.34. The van der Waals surface area contributed by atoms with Crippen molar-refractivity contribution in [2.75, 3.05) is 13.1 Å². The molecule has 0 atom stereocenters. The van der Waals surface area contributed by atoms with Crippen molar-refractivity contribution in [3.05, 3.63) is 34.9 Å². The van der Waals surface area contributed by atoms with Crippen LogP contribution in [0.5, 0.6) is 0 Å². The molecule has 1 aliphatic heterocycles. The van der Waals surface area contributed by atoms with Gasteiger partial charge in [-0.15, -0.1) is 0 Å². The Morgan fingerprint density at radius 1 is 1.35 bits per heavy atom. The molecule has 0 saturated carbocycles. The van der Waals surface area contributed by atoms with Gasteiger partial charge in [-0.25, -0.2) is 0 Å². The van der Waals surface area contributed by atoms with Crippen molar-refractivity contribution in [1.29, 1.82) is 0 Å². The Morgan fingerprint density at radius 3 is 2.60 bits per heavy atom. The van der Waals surface area contributed by atoms with Crippen LogP contribution in [0.3, 0.4) is 0 Å². The molecule has 1 aromatic carbocycles. The molecule has 3 N–H and O–H groups in total. The van der Waals surface area contributed by atoms with Gasteiger partial charge in [0.2, 0.25) is 0 Å². The van der Waals surface area contributed by atoms with E-state index < -0.39 is 0 Å². The summed E-state index contributed by atoms with van der Waals surface area (Å²) in [5.74, 6) is 0.413. The van der Waals surface area contributed by atoms with Crippen LogP contribution in [0.25, 0.3) is 0 Å². The Kier molecular flexibility index (Phi) is 4.27. The van der Waals surface area contributed by atoms with E-state index in [0.29, 0.717) is 13.1 Å². The highest BCUT2D eigenvalue weighted by Crippen LogP contribution is 2.21. The number of benzene rings is 1. The van der Waals surface area contributed by atoms with Gasteiger partial charge in [0.15, 0.2) is 0 Å². The molecule has 0 radical (unpaired) electrons. The van der Waals surface area contributed by atoms with E-state index in [9.17, 15) is 4.79 Å². The molecule has 5 nitrogen and oxygen atoms in total. The van der Waals surface area contributed by atoms with Crippen LogP contribution in [-0.4, -0.2) is 34.9 Å². The molecule has 5 heteroatoms. The first-order valence-electron chi connectivity index (χ1n) is 6.87. The number of hydrogen-bond donors (Lipinski definition) is 2. The lowest BCUT2D eigenvalue weighted by Crippen LogP contribution is -2.42. The monoisotopic (exact) mass is 275 g/mol. The van der Waals surface area contributed by atoms with E-state index in [0.717, 1.165) is 29.5 Å². The maximum absolute atomic E-state index is 12.5. The van der Waals surface area contributed by atoms with Crippen molar-refractivity contribution in [3.63, 3.8) is 0 Å². The van der Waals surface area contributed by atoms with Gasteiger partial charge in [-0.3, -0.25) is 4.79 Å². The molecule has 1 aliphatic rings. The van der Waals surface area contributed by atoms with Crippen molar-refractivity contribution in [1.82, 2.24) is 4.90 Å². The fraction of sp³-hybridized carbons (Fsp3) is 0.467. The SMILES string of the molecule is Cc1cccc(C(=O)N2CCC(C(N)=NO)CC2)c1C. The number of amides is 1. The van der Waals surface area contributed by atoms with E-state index >= 15 is 0 Å². The number of nitrogens with zero attached hydrogens (tertiary/aromatic N) is 2. The lowest BCUT2D eigenvalue weighted by molar-refractivity contribution is 0.0708. The van der Waals surface area contributed by atoms with Gasteiger partial charge in [0.1, 0.15) is 5.84 Å². The van der Waals surface area contributed by atoms with Crippen molar-refractivity contribution >= 4 is 11.7 Å². The number of amidine groups is 1. The summed E-state index contributed by atoms with van der Waals surface area (Å²) in [4.78, 5) is 14.4. The van der Waals surface area contributed by atoms with Crippen LogP contribution in [0.2, 0.25) is 0 Å². The van der Waals surface area contributed by atoms with Crippen molar-refractivity contribution in [2.24, 2.45) is 16.8 Å². The fourth-order valence-electron chi connectivity index (χ4n) is 2.61. The van der Waals surface area contributed by atoms with Gasteiger partial charge < -0.3 is 15.8 Å². The van der Waals surface area contributed by atoms with E-state index in [-0.39, 0.29) is 17.7 Å². The zero-order valence-corrected chi connectivity index (χ0v) is 12.0. The molecule has 0 aliphatic carbocycles. The number of piperidine rings is 1. The molecule has 20 heavy (non-hydrogen) atoms. The van der Waals surface area contributed by atoms with Crippen LogP contribution in [-0.2, 0) is 0 Å². The highest BCUT2D eigenvalue weighted by molar-refractivity contribution is 5.96. The summed E-state index contributed by atoms with van der Waals surface area (Å²) in [6.45, 7) is 5.28. The minimum Gasteiger partial charge on any atom is -0.409 e. The second-order valence-corrected chi connectivity index (χ2v) is 5.34. The smallest absolute Gasteiger partial charge is 0.254 e. The summed E-state index contributed by atoms with van der Waals surface area (Å²) in [6, 6.07) is 5.80. The molecule has 0 unspecified atom stereocenters. The highest BCUT2D eigenvalue weighted by atomic mass is 16.4. The first kappa shape index (κ1) is 14.4. The van der Waals surface area contributed by atoms with Crippen LogP contribution >= 0.6 is 0 Å². The zero-order chi connectivity index (χ0) is 14.7. The molecular weight excluding hydrogens is 254 g/mol. The normalized spacial score (nSPS) is 17.3. The number of carbonyl (C=O) groups is 1. The molecule has 1 fully saturated rings. The van der Waals surface area contributed by atoms with Gasteiger partial charge >= 0.3 is 0 Å². The zero-order valence-electron chi connectivity index (χ0n) is 12.0. The topological polar surface area (TPSA) is 78.9 Å². The summed E-state index contributed by atoms with van der Waals surface area (Å²) in [5, 5.41) is 11.7. The number of aryl methyl sites for hydroxylation is 1. The highest BCUT2D eigenvalue weighted by Gasteiger charge is 2.26. The van der Waals surface area contributed by atoms with Gasteiger partial charge in [-0.05, 0) is 43.9 Å². The molecule has 1 aromatic rings. The molecule has 0 aromatic heterocycles. The largest absolute Gasteiger partial charge is 0.409 e. The van der Waals surface area contributed by atoms with Gasteiger partial charge in [0.05, 0.1) is 0 Å².